The Morgan fingerprint density at radius 1 is 1.29 bits per heavy atom. The summed E-state index contributed by atoms with van der Waals surface area (Å²) in [6.45, 7) is 10.9. The maximum atomic E-state index is 6.05. The van der Waals surface area contributed by atoms with Crippen molar-refractivity contribution in [3.8, 4) is 5.75 Å². The van der Waals surface area contributed by atoms with Gasteiger partial charge >= 0.3 is 0 Å². The molecule has 21 heavy (non-hydrogen) atoms. The van der Waals surface area contributed by atoms with E-state index in [-0.39, 0.29) is 0 Å². The summed E-state index contributed by atoms with van der Waals surface area (Å²) >= 11 is 6.05. The van der Waals surface area contributed by atoms with Crippen LogP contribution in [0.25, 0.3) is 0 Å². The van der Waals surface area contributed by atoms with E-state index < -0.39 is 0 Å². The fourth-order valence-corrected chi connectivity index (χ4v) is 2.63. The largest absolute Gasteiger partial charge is 0.496 e. The van der Waals surface area contributed by atoms with Crippen LogP contribution in [0.1, 0.15) is 39.2 Å². The average Bonchev–Trinajstić information content (AvgIpc) is 2.49. The van der Waals surface area contributed by atoms with Crippen molar-refractivity contribution < 1.29 is 4.74 Å². The van der Waals surface area contributed by atoms with Gasteiger partial charge in [0.1, 0.15) is 5.75 Å². The van der Waals surface area contributed by atoms with E-state index in [0.717, 1.165) is 36.0 Å². The first-order chi connectivity index (χ1) is 10.1. The molecule has 1 rings (SSSR count). The average molecular weight is 313 g/mol. The fourth-order valence-electron chi connectivity index (χ4n) is 2.43. The maximum absolute atomic E-state index is 6.05. The van der Waals surface area contributed by atoms with E-state index in [0.29, 0.717) is 6.04 Å². The van der Waals surface area contributed by atoms with Crippen LogP contribution in [-0.4, -0.2) is 37.7 Å². The predicted molar refractivity (Wildman–Crippen MR) is 91.3 cm³/mol. The van der Waals surface area contributed by atoms with Crippen LogP contribution in [-0.2, 0) is 6.54 Å². The van der Waals surface area contributed by atoms with Crippen LogP contribution >= 0.6 is 11.6 Å². The lowest BCUT2D eigenvalue weighted by Crippen LogP contribution is -2.28. The number of halogens is 1. The van der Waals surface area contributed by atoms with Gasteiger partial charge in [-0.2, -0.15) is 0 Å². The Balaban J connectivity index is 2.36. The third-order valence-electron chi connectivity index (χ3n) is 3.89. The van der Waals surface area contributed by atoms with Crippen molar-refractivity contribution in [1.29, 1.82) is 0 Å². The number of benzene rings is 1. The zero-order chi connectivity index (χ0) is 15.7. The molecule has 1 aromatic rings. The van der Waals surface area contributed by atoms with E-state index in [1.165, 1.54) is 19.4 Å². The molecule has 1 aromatic carbocycles. The van der Waals surface area contributed by atoms with Crippen molar-refractivity contribution in [3.63, 3.8) is 0 Å². The van der Waals surface area contributed by atoms with Gasteiger partial charge in [-0.15, -0.1) is 0 Å². The number of nitrogens with zero attached hydrogens (tertiary/aromatic N) is 1. The zero-order valence-electron chi connectivity index (χ0n) is 13.8. The Labute approximate surface area is 134 Å². The van der Waals surface area contributed by atoms with E-state index >= 15 is 0 Å². The highest BCUT2D eigenvalue weighted by Gasteiger charge is 2.07. The molecule has 1 unspecified atom stereocenters. The predicted octanol–water partition coefficient (Wildman–Crippen LogP) is 3.95. The monoisotopic (exact) mass is 312 g/mol. The molecule has 4 heteroatoms. The normalized spacial score (nSPS) is 12.7. The maximum Gasteiger partial charge on any atom is 0.123 e. The van der Waals surface area contributed by atoms with Gasteiger partial charge in [0, 0.05) is 23.2 Å². The molecule has 0 aliphatic heterocycles. The van der Waals surface area contributed by atoms with Gasteiger partial charge in [0.25, 0.3) is 0 Å². The Hall–Kier alpha value is -0.770. The molecule has 0 spiro atoms. The van der Waals surface area contributed by atoms with Gasteiger partial charge < -0.3 is 15.0 Å². The summed E-state index contributed by atoms with van der Waals surface area (Å²) in [6, 6.07) is 6.24. The van der Waals surface area contributed by atoms with E-state index in [2.05, 4.69) is 31.0 Å². The Morgan fingerprint density at radius 2 is 2.00 bits per heavy atom. The van der Waals surface area contributed by atoms with Gasteiger partial charge in [-0.3, -0.25) is 0 Å². The Bertz CT molecular complexity index is 408. The lowest BCUT2D eigenvalue weighted by atomic mass is 10.1. The van der Waals surface area contributed by atoms with Crippen molar-refractivity contribution in [2.24, 2.45) is 0 Å². The summed E-state index contributed by atoms with van der Waals surface area (Å²) in [5, 5.41) is 4.31. The molecule has 0 saturated heterocycles. The van der Waals surface area contributed by atoms with Crippen LogP contribution in [0.5, 0.6) is 5.75 Å². The van der Waals surface area contributed by atoms with E-state index in [1.54, 1.807) is 7.11 Å². The summed E-state index contributed by atoms with van der Waals surface area (Å²) in [6.07, 6.45) is 2.40. The minimum Gasteiger partial charge on any atom is -0.496 e. The van der Waals surface area contributed by atoms with Gasteiger partial charge in [0.2, 0.25) is 0 Å². The molecule has 1 N–H and O–H groups in total. The highest BCUT2D eigenvalue weighted by molar-refractivity contribution is 6.30. The summed E-state index contributed by atoms with van der Waals surface area (Å²) in [7, 11) is 1.69. The number of nitrogens with one attached hydrogen (secondary N) is 1. The Kier molecular flexibility index (Phi) is 8.74. The first-order valence-corrected chi connectivity index (χ1v) is 8.26. The van der Waals surface area contributed by atoms with Crippen LogP contribution in [0.3, 0.4) is 0 Å². The number of rotatable bonds is 10. The summed E-state index contributed by atoms with van der Waals surface area (Å²) < 4.78 is 5.37. The number of methoxy groups -OCH3 is 1. The van der Waals surface area contributed by atoms with Gasteiger partial charge in [-0.05, 0) is 57.6 Å². The molecule has 0 aromatic heterocycles. The zero-order valence-corrected chi connectivity index (χ0v) is 14.5. The van der Waals surface area contributed by atoms with Crippen LogP contribution in [0, 0.1) is 0 Å². The minimum absolute atomic E-state index is 0.490. The standard InChI is InChI=1S/C17H29ClN2O/c1-5-20(6-2)11-7-8-14(3)19-13-15-12-16(18)9-10-17(15)21-4/h9-10,12,14,19H,5-8,11,13H2,1-4H3. The van der Waals surface area contributed by atoms with Crippen LogP contribution in [0.4, 0.5) is 0 Å². The van der Waals surface area contributed by atoms with Crippen molar-refractivity contribution in [2.75, 3.05) is 26.7 Å². The highest BCUT2D eigenvalue weighted by atomic mass is 35.5. The smallest absolute Gasteiger partial charge is 0.123 e. The second-order valence-electron chi connectivity index (χ2n) is 5.41. The third-order valence-corrected chi connectivity index (χ3v) is 4.12. The number of hydrogen-bond acceptors (Lipinski definition) is 3. The van der Waals surface area contributed by atoms with E-state index in [1.807, 2.05) is 18.2 Å². The van der Waals surface area contributed by atoms with Crippen LogP contribution < -0.4 is 10.1 Å². The molecule has 0 saturated carbocycles. The van der Waals surface area contributed by atoms with Gasteiger partial charge in [0.05, 0.1) is 7.11 Å². The summed E-state index contributed by atoms with van der Waals surface area (Å²) in [5.74, 6) is 0.891. The summed E-state index contributed by atoms with van der Waals surface area (Å²) in [5.41, 5.74) is 1.11. The van der Waals surface area contributed by atoms with Crippen LogP contribution in [0.15, 0.2) is 18.2 Å². The lowest BCUT2D eigenvalue weighted by Gasteiger charge is -2.20. The second-order valence-corrected chi connectivity index (χ2v) is 5.84. The molecule has 0 amide bonds. The molecule has 3 nitrogen and oxygen atoms in total. The lowest BCUT2D eigenvalue weighted by molar-refractivity contribution is 0.290. The molecule has 0 aliphatic rings. The van der Waals surface area contributed by atoms with Crippen molar-refractivity contribution >= 4 is 11.6 Å². The van der Waals surface area contributed by atoms with Crippen molar-refractivity contribution in [2.45, 2.75) is 46.2 Å². The Morgan fingerprint density at radius 3 is 2.62 bits per heavy atom. The number of hydrogen-bond donors (Lipinski definition) is 1. The molecular formula is C17H29ClN2O. The van der Waals surface area contributed by atoms with Crippen molar-refractivity contribution in [3.05, 3.63) is 28.8 Å². The quantitative estimate of drug-likeness (QED) is 0.708. The summed E-state index contributed by atoms with van der Waals surface area (Å²) in [4.78, 5) is 2.46. The SMILES string of the molecule is CCN(CC)CCCC(C)NCc1cc(Cl)ccc1OC. The molecular weight excluding hydrogens is 284 g/mol. The van der Waals surface area contributed by atoms with E-state index in [4.69, 9.17) is 16.3 Å². The third kappa shape index (κ3) is 6.68. The minimum atomic E-state index is 0.490. The van der Waals surface area contributed by atoms with Crippen LogP contribution in [0.2, 0.25) is 5.02 Å². The molecule has 120 valence electrons. The fraction of sp³-hybridized carbons (Fsp3) is 0.647. The second kappa shape index (κ2) is 10.0. The van der Waals surface area contributed by atoms with E-state index in [9.17, 15) is 0 Å². The topological polar surface area (TPSA) is 24.5 Å². The van der Waals surface area contributed by atoms with Gasteiger partial charge in [0.15, 0.2) is 0 Å². The number of ether oxygens (including phenoxy) is 1. The first kappa shape index (κ1) is 18.3. The van der Waals surface area contributed by atoms with Crippen molar-refractivity contribution in [1.82, 2.24) is 10.2 Å². The van der Waals surface area contributed by atoms with Gasteiger partial charge in [-0.1, -0.05) is 25.4 Å². The highest BCUT2D eigenvalue weighted by Crippen LogP contribution is 2.22. The molecule has 0 bridgehead atoms. The molecule has 0 aliphatic carbocycles. The molecule has 0 fully saturated rings. The molecule has 1 atom stereocenters. The molecule has 0 heterocycles. The van der Waals surface area contributed by atoms with Gasteiger partial charge in [-0.25, -0.2) is 0 Å². The first-order valence-electron chi connectivity index (χ1n) is 7.88. The molecule has 0 radical (unpaired) electrons.